The van der Waals surface area contributed by atoms with Gasteiger partial charge in [-0.15, -0.1) is 0 Å². The van der Waals surface area contributed by atoms with Gasteiger partial charge in [0.2, 0.25) is 5.95 Å². The summed E-state index contributed by atoms with van der Waals surface area (Å²) in [7, 11) is 1.97. The maximum absolute atomic E-state index is 13.7. The van der Waals surface area contributed by atoms with Gasteiger partial charge in [0.15, 0.2) is 0 Å². The Balaban J connectivity index is 1.37. The zero-order valence-corrected chi connectivity index (χ0v) is 21.9. The van der Waals surface area contributed by atoms with Crippen LogP contribution in [0.2, 0.25) is 0 Å². The lowest BCUT2D eigenvalue weighted by atomic mass is 10.1. The fraction of sp³-hybridized carbons (Fsp3) is 0.250. The molecule has 0 unspecified atom stereocenters. The number of aromatic nitrogens is 4. The number of anilines is 4. The summed E-state index contributed by atoms with van der Waals surface area (Å²) >= 11 is 0. The molecule has 1 aromatic carbocycles. The molecular formula is C28H27F3N8O. The number of hydrogen-bond acceptors (Lipinski definition) is 8. The molecule has 206 valence electrons. The molecule has 1 aliphatic heterocycles. The van der Waals surface area contributed by atoms with Gasteiger partial charge in [0.25, 0.3) is 5.91 Å². The van der Waals surface area contributed by atoms with E-state index in [4.69, 9.17) is 0 Å². The highest BCUT2D eigenvalue weighted by Crippen LogP contribution is 2.35. The largest absolute Gasteiger partial charge is 0.416 e. The molecule has 0 radical (unpaired) electrons. The normalized spacial score (nSPS) is 14.2. The van der Waals surface area contributed by atoms with E-state index in [9.17, 15) is 18.0 Å². The Morgan fingerprint density at radius 2 is 1.77 bits per heavy atom. The number of halogens is 3. The van der Waals surface area contributed by atoms with Crippen LogP contribution in [0.3, 0.4) is 0 Å². The smallest absolute Gasteiger partial charge is 0.369 e. The van der Waals surface area contributed by atoms with Gasteiger partial charge in [-0.05, 0) is 56.4 Å². The fourth-order valence-electron chi connectivity index (χ4n) is 4.30. The molecule has 1 amide bonds. The van der Waals surface area contributed by atoms with E-state index >= 15 is 0 Å². The molecule has 0 bridgehead atoms. The summed E-state index contributed by atoms with van der Waals surface area (Å²) in [5, 5.41) is 5.70. The second kappa shape index (κ2) is 11.3. The second-order valence-electron chi connectivity index (χ2n) is 9.50. The van der Waals surface area contributed by atoms with Crippen LogP contribution in [0, 0.1) is 6.92 Å². The van der Waals surface area contributed by atoms with Crippen LogP contribution in [0.25, 0.3) is 11.3 Å². The van der Waals surface area contributed by atoms with Gasteiger partial charge in [0, 0.05) is 67.9 Å². The average Bonchev–Trinajstić information content (AvgIpc) is 2.94. The maximum atomic E-state index is 13.7. The number of alkyl halides is 3. The van der Waals surface area contributed by atoms with Crippen molar-refractivity contribution in [3.63, 3.8) is 0 Å². The van der Waals surface area contributed by atoms with Gasteiger partial charge < -0.3 is 20.4 Å². The van der Waals surface area contributed by atoms with Crippen molar-refractivity contribution in [3.8, 4) is 11.3 Å². The first kappa shape index (κ1) is 27.0. The van der Waals surface area contributed by atoms with E-state index in [-0.39, 0.29) is 11.3 Å². The molecule has 12 heteroatoms. The predicted molar refractivity (Wildman–Crippen MR) is 147 cm³/mol. The Bertz CT molecular complexity index is 1510. The van der Waals surface area contributed by atoms with Crippen molar-refractivity contribution in [2.45, 2.75) is 13.1 Å². The van der Waals surface area contributed by atoms with Crippen LogP contribution in [0.4, 0.5) is 36.2 Å². The standard InChI is InChI=1S/C28H27F3N8O/c1-18-25(37-27-33-7-5-24(36-27)19-4-3-6-32-16-19)12-20(17-34-18)26(40)35-22-13-21(28(29,30)31)14-23(15-22)39-10-8-38(2)9-11-39/h3-7,12-17H,8-11H2,1-2H3,(H,35,40)(H,33,36,37). The first-order valence-electron chi connectivity index (χ1n) is 12.6. The third-order valence-electron chi connectivity index (χ3n) is 6.58. The minimum absolute atomic E-state index is 0.0522. The van der Waals surface area contributed by atoms with Crippen LogP contribution in [0.1, 0.15) is 21.6 Å². The van der Waals surface area contributed by atoms with Crippen molar-refractivity contribution in [2.24, 2.45) is 0 Å². The lowest BCUT2D eigenvalue weighted by Crippen LogP contribution is -2.44. The number of pyridine rings is 2. The van der Waals surface area contributed by atoms with Gasteiger partial charge in [-0.3, -0.25) is 14.8 Å². The van der Waals surface area contributed by atoms with Crippen molar-refractivity contribution in [1.29, 1.82) is 0 Å². The van der Waals surface area contributed by atoms with Crippen LogP contribution in [-0.2, 0) is 6.18 Å². The van der Waals surface area contributed by atoms with Crippen LogP contribution in [0.15, 0.2) is 67.3 Å². The lowest BCUT2D eigenvalue weighted by molar-refractivity contribution is -0.137. The van der Waals surface area contributed by atoms with E-state index in [1.54, 1.807) is 49.8 Å². The molecule has 40 heavy (non-hydrogen) atoms. The number of hydrogen-bond donors (Lipinski definition) is 2. The van der Waals surface area contributed by atoms with Crippen LogP contribution in [0.5, 0.6) is 0 Å². The minimum atomic E-state index is -4.56. The molecule has 0 saturated carbocycles. The minimum Gasteiger partial charge on any atom is -0.369 e. The molecule has 5 rings (SSSR count). The molecule has 4 aromatic rings. The first-order valence-corrected chi connectivity index (χ1v) is 12.6. The van der Waals surface area contributed by atoms with Crippen molar-refractivity contribution in [2.75, 3.05) is 48.8 Å². The fourth-order valence-corrected chi connectivity index (χ4v) is 4.30. The van der Waals surface area contributed by atoms with E-state index in [1.807, 2.05) is 18.0 Å². The third-order valence-corrected chi connectivity index (χ3v) is 6.58. The first-order chi connectivity index (χ1) is 19.2. The third kappa shape index (κ3) is 6.34. The van der Waals surface area contributed by atoms with Gasteiger partial charge in [0.05, 0.1) is 28.2 Å². The number of rotatable bonds is 6. The molecule has 2 N–H and O–H groups in total. The highest BCUT2D eigenvalue weighted by atomic mass is 19.4. The van der Waals surface area contributed by atoms with Gasteiger partial charge in [-0.1, -0.05) is 0 Å². The molecule has 1 aliphatic rings. The summed E-state index contributed by atoms with van der Waals surface area (Å²) in [6, 6.07) is 10.6. The number of piperazine rings is 1. The van der Waals surface area contributed by atoms with Crippen molar-refractivity contribution in [1.82, 2.24) is 24.8 Å². The van der Waals surface area contributed by atoms with E-state index in [0.29, 0.717) is 41.8 Å². The summed E-state index contributed by atoms with van der Waals surface area (Å²) in [4.78, 5) is 34.3. The maximum Gasteiger partial charge on any atom is 0.416 e. The van der Waals surface area contributed by atoms with E-state index in [1.165, 1.54) is 6.20 Å². The molecule has 0 atom stereocenters. The van der Waals surface area contributed by atoms with Crippen molar-refractivity contribution in [3.05, 3.63) is 84.1 Å². The van der Waals surface area contributed by atoms with E-state index < -0.39 is 17.6 Å². The van der Waals surface area contributed by atoms with E-state index in [2.05, 4.69) is 35.5 Å². The topological polar surface area (TPSA) is 99.2 Å². The molecular weight excluding hydrogens is 521 g/mol. The monoisotopic (exact) mass is 548 g/mol. The number of aryl methyl sites for hydroxylation is 1. The van der Waals surface area contributed by atoms with Gasteiger partial charge in [-0.25, -0.2) is 9.97 Å². The Labute approximate surface area is 229 Å². The second-order valence-corrected chi connectivity index (χ2v) is 9.50. The number of carbonyl (C=O) groups excluding carboxylic acids is 1. The number of amides is 1. The molecule has 1 fully saturated rings. The summed E-state index contributed by atoms with van der Waals surface area (Å²) in [6.07, 6.45) is 1.77. The highest BCUT2D eigenvalue weighted by Gasteiger charge is 2.32. The Morgan fingerprint density at radius 1 is 0.975 bits per heavy atom. The molecule has 9 nitrogen and oxygen atoms in total. The zero-order chi connectivity index (χ0) is 28.3. The molecule has 0 spiro atoms. The quantitative estimate of drug-likeness (QED) is 0.347. The van der Waals surface area contributed by atoms with Crippen LogP contribution < -0.4 is 15.5 Å². The summed E-state index contributed by atoms with van der Waals surface area (Å²) < 4.78 is 41.1. The average molecular weight is 549 g/mol. The van der Waals surface area contributed by atoms with Crippen molar-refractivity contribution >= 4 is 28.9 Å². The lowest BCUT2D eigenvalue weighted by Gasteiger charge is -2.34. The molecule has 4 heterocycles. The van der Waals surface area contributed by atoms with Gasteiger partial charge in [-0.2, -0.15) is 13.2 Å². The summed E-state index contributed by atoms with van der Waals surface area (Å²) in [6.45, 7) is 4.40. The van der Waals surface area contributed by atoms with Crippen LogP contribution in [-0.4, -0.2) is 64.0 Å². The number of nitrogens with zero attached hydrogens (tertiary/aromatic N) is 6. The SMILES string of the molecule is Cc1ncc(C(=O)Nc2cc(N3CCN(C)CC3)cc(C(F)(F)F)c2)cc1Nc1nccc(-c2cccnc2)n1. The number of nitrogens with one attached hydrogen (secondary N) is 2. The Morgan fingerprint density at radius 3 is 2.50 bits per heavy atom. The summed E-state index contributed by atoms with van der Waals surface area (Å²) in [5.74, 6) is -0.303. The summed E-state index contributed by atoms with van der Waals surface area (Å²) in [5.41, 5.74) is 2.34. The number of likely N-dealkylation sites (N-methyl/N-ethyl adjacent to an activating group) is 1. The van der Waals surface area contributed by atoms with Crippen LogP contribution >= 0.6 is 0 Å². The van der Waals surface area contributed by atoms with Crippen molar-refractivity contribution < 1.29 is 18.0 Å². The zero-order valence-electron chi connectivity index (χ0n) is 21.9. The highest BCUT2D eigenvalue weighted by molar-refractivity contribution is 6.05. The molecule has 1 saturated heterocycles. The molecule has 3 aromatic heterocycles. The number of benzene rings is 1. The molecule has 0 aliphatic carbocycles. The number of carbonyl (C=O) groups is 1. The van der Waals surface area contributed by atoms with Gasteiger partial charge in [0.1, 0.15) is 0 Å². The Kier molecular flexibility index (Phi) is 7.60. The predicted octanol–water partition coefficient (Wildman–Crippen LogP) is 5.01. The van der Waals surface area contributed by atoms with E-state index in [0.717, 1.165) is 30.8 Å². The Hall–Kier alpha value is -4.58. The van der Waals surface area contributed by atoms with Gasteiger partial charge >= 0.3 is 6.18 Å².